The third kappa shape index (κ3) is 3.84. The second-order valence-corrected chi connectivity index (χ2v) is 5.70. The number of anilines is 1. The number of nitrogens with one attached hydrogen (secondary N) is 2. The van der Waals surface area contributed by atoms with E-state index in [4.69, 9.17) is 11.6 Å². The van der Waals surface area contributed by atoms with Gasteiger partial charge in [0.05, 0.1) is 16.1 Å². The maximum atomic E-state index is 13.1. The molecule has 1 aliphatic rings. The lowest BCUT2D eigenvalue weighted by Gasteiger charge is -2.07. The molecule has 2 aromatic rings. The lowest BCUT2D eigenvalue weighted by atomic mass is 10.2. The summed E-state index contributed by atoms with van der Waals surface area (Å²) in [4.78, 5) is 28.1. The van der Waals surface area contributed by atoms with Crippen molar-refractivity contribution in [3.05, 3.63) is 58.6 Å². The number of carbonyl (C=O) groups excluding carboxylic acids is 2. The first-order valence-electron chi connectivity index (χ1n) is 7.05. The smallest absolute Gasteiger partial charge is 0.257 e. The molecule has 3 rings (SSSR count). The lowest BCUT2D eigenvalue weighted by molar-refractivity contribution is 0.0950. The minimum Gasteiger partial charge on any atom is -0.349 e. The minimum absolute atomic E-state index is 0.0847. The molecule has 23 heavy (non-hydrogen) atoms. The van der Waals surface area contributed by atoms with Crippen molar-refractivity contribution in [3.63, 3.8) is 0 Å². The Balaban J connectivity index is 1.73. The third-order valence-corrected chi connectivity index (χ3v) is 3.64. The SMILES string of the molecule is O=C(Nc1ccc(F)c(Cl)c1)c1cncc(C(=O)NC2CC2)c1. The number of hydrogen-bond donors (Lipinski definition) is 2. The molecule has 0 atom stereocenters. The molecule has 2 amide bonds. The summed E-state index contributed by atoms with van der Waals surface area (Å²) in [6.07, 6.45) is 4.72. The van der Waals surface area contributed by atoms with Gasteiger partial charge in [0.15, 0.2) is 0 Å². The number of carbonyl (C=O) groups is 2. The van der Waals surface area contributed by atoms with E-state index in [9.17, 15) is 14.0 Å². The van der Waals surface area contributed by atoms with Crippen LogP contribution in [0.5, 0.6) is 0 Å². The van der Waals surface area contributed by atoms with Crippen LogP contribution < -0.4 is 10.6 Å². The fraction of sp³-hybridized carbons (Fsp3) is 0.188. The number of hydrogen-bond acceptors (Lipinski definition) is 3. The van der Waals surface area contributed by atoms with Crippen LogP contribution in [0.3, 0.4) is 0 Å². The highest BCUT2D eigenvalue weighted by Gasteiger charge is 2.24. The van der Waals surface area contributed by atoms with E-state index in [-0.39, 0.29) is 22.5 Å². The van der Waals surface area contributed by atoms with Gasteiger partial charge in [-0.2, -0.15) is 0 Å². The molecule has 0 aliphatic heterocycles. The van der Waals surface area contributed by atoms with Crippen molar-refractivity contribution in [2.45, 2.75) is 18.9 Å². The number of aromatic nitrogens is 1. The summed E-state index contributed by atoms with van der Waals surface area (Å²) in [6.45, 7) is 0. The summed E-state index contributed by atoms with van der Waals surface area (Å²) in [6, 6.07) is 5.56. The molecule has 1 heterocycles. The number of rotatable bonds is 4. The molecule has 0 radical (unpaired) electrons. The second-order valence-electron chi connectivity index (χ2n) is 5.29. The zero-order valence-corrected chi connectivity index (χ0v) is 12.7. The average molecular weight is 334 g/mol. The zero-order chi connectivity index (χ0) is 16.4. The third-order valence-electron chi connectivity index (χ3n) is 3.35. The van der Waals surface area contributed by atoms with Crippen molar-refractivity contribution in [1.29, 1.82) is 0 Å². The minimum atomic E-state index is -0.565. The molecule has 0 bridgehead atoms. The highest BCUT2D eigenvalue weighted by Crippen LogP contribution is 2.21. The molecular weight excluding hydrogens is 321 g/mol. The first-order chi connectivity index (χ1) is 11.0. The van der Waals surface area contributed by atoms with Crippen LogP contribution in [0.4, 0.5) is 10.1 Å². The van der Waals surface area contributed by atoms with E-state index >= 15 is 0 Å². The van der Waals surface area contributed by atoms with Gasteiger partial charge in [-0.25, -0.2) is 4.39 Å². The predicted octanol–water partition coefficient (Wildman–Crippen LogP) is 3.02. The molecule has 1 saturated carbocycles. The number of amides is 2. The van der Waals surface area contributed by atoms with E-state index < -0.39 is 11.7 Å². The van der Waals surface area contributed by atoms with Crippen molar-refractivity contribution in [2.24, 2.45) is 0 Å². The van der Waals surface area contributed by atoms with Gasteiger partial charge in [-0.15, -0.1) is 0 Å². The highest BCUT2D eigenvalue weighted by atomic mass is 35.5. The molecule has 2 N–H and O–H groups in total. The van der Waals surface area contributed by atoms with Crippen LogP contribution in [0.1, 0.15) is 33.6 Å². The average Bonchev–Trinajstić information content (AvgIpc) is 3.35. The van der Waals surface area contributed by atoms with Gasteiger partial charge in [0.25, 0.3) is 11.8 Å². The van der Waals surface area contributed by atoms with Crippen molar-refractivity contribution in [2.75, 3.05) is 5.32 Å². The van der Waals surface area contributed by atoms with E-state index in [1.54, 1.807) is 0 Å². The summed E-state index contributed by atoms with van der Waals surface area (Å²) in [5.41, 5.74) is 0.907. The van der Waals surface area contributed by atoms with Gasteiger partial charge in [0.2, 0.25) is 0 Å². The molecule has 118 valence electrons. The number of halogens is 2. The summed E-state index contributed by atoms with van der Waals surface area (Å²) >= 11 is 5.67. The first-order valence-corrected chi connectivity index (χ1v) is 7.43. The van der Waals surface area contributed by atoms with Gasteiger partial charge in [-0.05, 0) is 37.1 Å². The zero-order valence-electron chi connectivity index (χ0n) is 12.0. The van der Waals surface area contributed by atoms with Crippen molar-refractivity contribution < 1.29 is 14.0 Å². The van der Waals surface area contributed by atoms with Crippen LogP contribution in [-0.4, -0.2) is 22.8 Å². The van der Waals surface area contributed by atoms with E-state index in [1.165, 1.54) is 30.6 Å². The second kappa shape index (κ2) is 6.34. The van der Waals surface area contributed by atoms with Gasteiger partial charge in [0, 0.05) is 24.1 Å². The van der Waals surface area contributed by atoms with Crippen LogP contribution in [0.2, 0.25) is 5.02 Å². The Morgan fingerprint density at radius 1 is 1.13 bits per heavy atom. The lowest BCUT2D eigenvalue weighted by Crippen LogP contribution is -2.26. The standard InChI is InChI=1S/C16H13ClFN3O2/c17-13-6-12(3-4-14(13)18)21-16(23)10-5-9(7-19-8-10)15(22)20-11-1-2-11/h3-8,11H,1-2H2,(H,20,22)(H,21,23). The molecule has 1 aromatic carbocycles. The highest BCUT2D eigenvalue weighted by molar-refractivity contribution is 6.31. The maximum absolute atomic E-state index is 13.1. The molecule has 5 nitrogen and oxygen atoms in total. The molecule has 0 saturated heterocycles. The van der Waals surface area contributed by atoms with Crippen LogP contribution in [0.15, 0.2) is 36.7 Å². The van der Waals surface area contributed by atoms with Crippen LogP contribution in [0.25, 0.3) is 0 Å². The Kier molecular flexibility index (Phi) is 4.25. The fourth-order valence-electron chi connectivity index (χ4n) is 1.96. The summed E-state index contributed by atoms with van der Waals surface area (Å²) < 4.78 is 13.1. The molecule has 1 aromatic heterocycles. The van der Waals surface area contributed by atoms with E-state index in [1.807, 2.05) is 0 Å². The first kappa shape index (κ1) is 15.4. The van der Waals surface area contributed by atoms with Gasteiger partial charge >= 0.3 is 0 Å². The van der Waals surface area contributed by atoms with Gasteiger partial charge in [-0.3, -0.25) is 14.6 Å². The van der Waals surface area contributed by atoms with E-state index in [0.29, 0.717) is 11.3 Å². The van der Waals surface area contributed by atoms with E-state index in [2.05, 4.69) is 15.6 Å². The molecule has 7 heteroatoms. The van der Waals surface area contributed by atoms with Gasteiger partial charge < -0.3 is 10.6 Å². The van der Waals surface area contributed by atoms with Crippen LogP contribution in [-0.2, 0) is 0 Å². The number of nitrogens with zero attached hydrogens (tertiary/aromatic N) is 1. The van der Waals surface area contributed by atoms with E-state index in [0.717, 1.165) is 18.9 Å². The fourth-order valence-corrected chi connectivity index (χ4v) is 2.14. The Morgan fingerprint density at radius 2 is 1.83 bits per heavy atom. The van der Waals surface area contributed by atoms with Crippen molar-refractivity contribution >= 4 is 29.1 Å². The maximum Gasteiger partial charge on any atom is 0.257 e. The van der Waals surface area contributed by atoms with Crippen molar-refractivity contribution in [3.8, 4) is 0 Å². The summed E-state index contributed by atoms with van der Waals surface area (Å²) in [5.74, 6) is -1.27. The van der Waals surface area contributed by atoms with Gasteiger partial charge in [0.1, 0.15) is 5.82 Å². The molecular formula is C16H13ClFN3O2. The Bertz CT molecular complexity index is 778. The van der Waals surface area contributed by atoms with Crippen LogP contribution >= 0.6 is 11.6 Å². The quantitative estimate of drug-likeness (QED) is 0.903. The largest absolute Gasteiger partial charge is 0.349 e. The number of pyridine rings is 1. The topological polar surface area (TPSA) is 71.1 Å². The van der Waals surface area contributed by atoms with Crippen LogP contribution in [0, 0.1) is 5.82 Å². The predicted molar refractivity (Wildman–Crippen MR) is 84.1 cm³/mol. The summed E-state index contributed by atoms with van der Waals surface area (Å²) in [7, 11) is 0. The Morgan fingerprint density at radius 3 is 2.48 bits per heavy atom. The Labute approximate surface area is 136 Å². The summed E-state index contributed by atoms with van der Waals surface area (Å²) in [5, 5.41) is 5.33. The number of benzene rings is 1. The van der Waals surface area contributed by atoms with Gasteiger partial charge in [-0.1, -0.05) is 11.6 Å². The molecule has 1 fully saturated rings. The monoisotopic (exact) mass is 333 g/mol. The molecule has 0 unspecified atom stereocenters. The van der Waals surface area contributed by atoms with Crippen molar-refractivity contribution in [1.82, 2.24) is 10.3 Å². The molecule has 1 aliphatic carbocycles. The normalized spacial score (nSPS) is 13.5. The Hall–Kier alpha value is -2.47. The molecule has 0 spiro atoms.